The molecule has 2 fully saturated rings. The largest absolute Gasteiger partial charge is 0.387 e. The zero-order valence-corrected chi connectivity index (χ0v) is 11.1. The van der Waals surface area contributed by atoms with Gasteiger partial charge in [-0.15, -0.1) is 0 Å². The van der Waals surface area contributed by atoms with Crippen LogP contribution < -0.4 is 5.73 Å². The van der Waals surface area contributed by atoms with Crippen molar-refractivity contribution in [1.29, 1.82) is 0 Å². The molecule has 17 heavy (non-hydrogen) atoms. The lowest BCUT2D eigenvalue weighted by atomic mass is 9.88. The molecule has 0 aromatic carbocycles. The van der Waals surface area contributed by atoms with Crippen LogP contribution in [0.3, 0.4) is 0 Å². The monoisotopic (exact) mass is 238 g/mol. The summed E-state index contributed by atoms with van der Waals surface area (Å²) in [7, 11) is 1.77. The molecule has 2 aliphatic carbocycles. The van der Waals surface area contributed by atoms with Crippen molar-refractivity contribution in [3.63, 3.8) is 0 Å². The fraction of sp³-hybridized carbons (Fsp3) is 0.929. The van der Waals surface area contributed by atoms with Gasteiger partial charge in [0.25, 0.3) is 0 Å². The lowest BCUT2D eigenvalue weighted by Gasteiger charge is -2.21. The Morgan fingerprint density at radius 1 is 1.29 bits per heavy atom. The minimum Gasteiger partial charge on any atom is -0.387 e. The van der Waals surface area contributed by atoms with E-state index in [9.17, 15) is 0 Å². The Morgan fingerprint density at radius 3 is 2.59 bits per heavy atom. The van der Waals surface area contributed by atoms with Crippen molar-refractivity contribution in [3.05, 3.63) is 0 Å². The predicted molar refractivity (Wildman–Crippen MR) is 71.2 cm³/mol. The summed E-state index contributed by atoms with van der Waals surface area (Å²) in [6.45, 7) is 1.79. The van der Waals surface area contributed by atoms with Gasteiger partial charge in [0.15, 0.2) is 0 Å². The van der Waals surface area contributed by atoms with Crippen molar-refractivity contribution in [2.24, 2.45) is 22.1 Å². The molecule has 2 rings (SSSR count). The van der Waals surface area contributed by atoms with Crippen LogP contribution in [0.25, 0.3) is 0 Å². The number of aliphatic imine (C=N–C) groups is 1. The molecule has 98 valence electrons. The average Bonchev–Trinajstić information content (AvgIpc) is 3.15. The van der Waals surface area contributed by atoms with Crippen molar-refractivity contribution < 1.29 is 4.74 Å². The number of nitrogens with zero attached hydrogens (tertiary/aromatic N) is 1. The van der Waals surface area contributed by atoms with E-state index < -0.39 is 0 Å². The smallest absolute Gasteiger partial charge is 0.0968 e. The molecule has 0 radical (unpaired) electrons. The van der Waals surface area contributed by atoms with Crippen LogP contribution in [0.2, 0.25) is 0 Å². The van der Waals surface area contributed by atoms with E-state index in [1.165, 1.54) is 44.9 Å². The van der Waals surface area contributed by atoms with Crippen molar-refractivity contribution in [2.75, 3.05) is 20.3 Å². The van der Waals surface area contributed by atoms with Gasteiger partial charge in [0.1, 0.15) is 0 Å². The van der Waals surface area contributed by atoms with E-state index in [1.807, 2.05) is 0 Å². The number of rotatable bonds is 6. The first-order chi connectivity index (χ1) is 8.26. The van der Waals surface area contributed by atoms with Gasteiger partial charge in [-0.1, -0.05) is 19.3 Å². The van der Waals surface area contributed by atoms with E-state index in [4.69, 9.17) is 10.5 Å². The predicted octanol–water partition coefficient (Wildman–Crippen LogP) is 2.74. The number of nitrogens with two attached hydrogens (primary N) is 1. The van der Waals surface area contributed by atoms with Gasteiger partial charge < -0.3 is 10.5 Å². The van der Waals surface area contributed by atoms with Gasteiger partial charge in [-0.2, -0.15) is 0 Å². The van der Waals surface area contributed by atoms with Crippen LogP contribution in [0.1, 0.15) is 51.4 Å². The molecule has 0 saturated heterocycles. The highest BCUT2D eigenvalue weighted by Crippen LogP contribution is 2.49. The highest BCUT2D eigenvalue weighted by atomic mass is 16.5. The van der Waals surface area contributed by atoms with Gasteiger partial charge in [0.05, 0.1) is 5.84 Å². The molecular weight excluding hydrogens is 212 g/mol. The number of ether oxygens (including phenoxy) is 1. The summed E-state index contributed by atoms with van der Waals surface area (Å²) >= 11 is 0. The highest BCUT2D eigenvalue weighted by molar-refractivity contribution is 5.82. The summed E-state index contributed by atoms with van der Waals surface area (Å²) in [6, 6.07) is 0. The van der Waals surface area contributed by atoms with Crippen LogP contribution >= 0.6 is 0 Å². The maximum absolute atomic E-state index is 6.13. The third-order valence-electron chi connectivity index (χ3n) is 4.41. The molecule has 2 N–H and O–H groups in total. The molecule has 0 spiro atoms. The van der Waals surface area contributed by atoms with Gasteiger partial charge in [-0.25, -0.2) is 0 Å². The summed E-state index contributed by atoms with van der Waals surface area (Å²) in [5.74, 6) is 1.50. The van der Waals surface area contributed by atoms with Crippen LogP contribution in [-0.2, 0) is 4.74 Å². The number of hydrogen-bond donors (Lipinski definition) is 1. The molecule has 0 aromatic heterocycles. The maximum Gasteiger partial charge on any atom is 0.0968 e. The van der Waals surface area contributed by atoms with Crippen molar-refractivity contribution in [1.82, 2.24) is 0 Å². The van der Waals surface area contributed by atoms with Crippen LogP contribution in [0.5, 0.6) is 0 Å². The first-order valence-electron chi connectivity index (χ1n) is 7.04. The quantitative estimate of drug-likeness (QED) is 0.571. The van der Waals surface area contributed by atoms with Gasteiger partial charge >= 0.3 is 0 Å². The summed E-state index contributed by atoms with van der Waals surface area (Å²) in [5.41, 5.74) is 6.57. The molecule has 3 nitrogen and oxygen atoms in total. The maximum atomic E-state index is 6.13. The summed E-state index contributed by atoms with van der Waals surface area (Å²) in [4.78, 5) is 4.67. The van der Waals surface area contributed by atoms with Crippen LogP contribution in [0, 0.1) is 11.3 Å². The molecule has 0 aromatic rings. The summed E-state index contributed by atoms with van der Waals surface area (Å²) in [5, 5.41) is 0. The third-order valence-corrected chi connectivity index (χ3v) is 4.41. The molecule has 3 heteroatoms. The number of hydrogen-bond acceptors (Lipinski definition) is 2. The second-order valence-electron chi connectivity index (χ2n) is 5.82. The lowest BCUT2D eigenvalue weighted by Crippen LogP contribution is -2.27. The lowest BCUT2D eigenvalue weighted by molar-refractivity contribution is 0.174. The van der Waals surface area contributed by atoms with E-state index in [-0.39, 0.29) is 0 Å². The molecule has 0 bridgehead atoms. The summed E-state index contributed by atoms with van der Waals surface area (Å²) < 4.78 is 5.16. The van der Waals surface area contributed by atoms with Crippen molar-refractivity contribution in [3.8, 4) is 0 Å². The Hall–Kier alpha value is -0.570. The second kappa shape index (κ2) is 5.85. The van der Waals surface area contributed by atoms with E-state index in [1.54, 1.807) is 7.11 Å². The van der Waals surface area contributed by atoms with Crippen molar-refractivity contribution >= 4 is 5.84 Å². The van der Waals surface area contributed by atoms with E-state index in [0.717, 1.165) is 25.4 Å². The van der Waals surface area contributed by atoms with E-state index in [0.29, 0.717) is 11.3 Å². The zero-order chi connectivity index (χ0) is 12.1. The van der Waals surface area contributed by atoms with E-state index in [2.05, 4.69) is 4.99 Å². The summed E-state index contributed by atoms with van der Waals surface area (Å²) in [6.07, 6.45) is 10.3. The number of methoxy groups -OCH3 is 1. The van der Waals surface area contributed by atoms with Gasteiger partial charge in [0, 0.05) is 26.2 Å². The van der Waals surface area contributed by atoms with Crippen LogP contribution in [0.4, 0.5) is 0 Å². The normalized spacial score (nSPS) is 24.9. The van der Waals surface area contributed by atoms with Crippen LogP contribution in [-0.4, -0.2) is 26.1 Å². The molecule has 0 amide bonds. The fourth-order valence-electron chi connectivity index (χ4n) is 2.77. The topological polar surface area (TPSA) is 47.6 Å². The zero-order valence-electron chi connectivity index (χ0n) is 11.1. The minimum absolute atomic E-state index is 0.440. The Balaban J connectivity index is 1.78. The Labute approximate surface area is 105 Å². The average molecular weight is 238 g/mol. The molecular formula is C14H26N2O. The van der Waals surface area contributed by atoms with E-state index >= 15 is 0 Å². The number of amidine groups is 1. The Morgan fingerprint density at radius 2 is 2.00 bits per heavy atom. The minimum atomic E-state index is 0.440. The standard InChI is InChI=1S/C14H26N2O/c1-17-10-9-14(7-8-14)11-16-13(15)12-5-3-2-4-6-12/h12H,2-11H2,1H3,(H2,15,16). The molecule has 0 atom stereocenters. The van der Waals surface area contributed by atoms with Gasteiger partial charge in [-0.05, 0) is 37.5 Å². The SMILES string of the molecule is COCCC1(CN=C(N)C2CCCCC2)CC1. The second-order valence-corrected chi connectivity index (χ2v) is 5.82. The Bertz CT molecular complexity index is 265. The highest BCUT2D eigenvalue weighted by Gasteiger charge is 2.41. The molecule has 0 heterocycles. The molecule has 2 saturated carbocycles. The molecule has 0 unspecified atom stereocenters. The first-order valence-corrected chi connectivity index (χ1v) is 7.04. The van der Waals surface area contributed by atoms with Crippen molar-refractivity contribution in [2.45, 2.75) is 51.4 Å². The molecule has 0 aliphatic heterocycles. The fourth-order valence-corrected chi connectivity index (χ4v) is 2.77. The molecule has 2 aliphatic rings. The first kappa shape index (κ1) is 12.9. The Kier molecular flexibility index (Phi) is 4.43. The van der Waals surface area contributed by atoms with Gasteiger partial charge in [0.2, 0.25) is 0 Å². The van der Waals surface area contributed by atoms with Gasteiger partial charge in [-0.3, -0.25) is 4.99 Å². The third kappa shape index (κ3) is 3.70. The van der Waals surface area contributed by atoms with Crippen LogP contribution in [0.15, 0.2) is 4.99 Å².